The maximum atomic E-state index is 14.7. The minimum atomic E-state index is -0.634. The third-order valence-corrected chi connectivity index (χ3v) is 4.52. The first-order valence-electron chi connectivity index (χ1n) is 8.72. The van der Waals surface area contributed by atoms with Crippen LogP contribution in [0.4, 0.5) is 4.39 Å². The highest BCUT2D eigenvalue weighted by molar-refractivity contribution is 5.99. The number of nitrogens with zero attached hydrogens (tertiary/aromatic N) is 2. The van der Waals surface area contributed by atoms with Gasteiger partial charge in [-0.1, -0.05) is 12.1 Å². The first-order valence-corrected chi connectivity index (χ1v) is 8.72. The SMILES string of the molecule is N#Cc1ccc([C@@H](Oc2cc3c(cc2F)C(=O)CCO3)c2ccncc2)cc1. The summed E-state index contributed by atoms with van der Waals surface area (Å²) in [5.41, 5.74) is 2.27. The summed E-state index contributed by atoms with van der Waals surface area (Å²) in [5, 5.41) is 9.01. The number of rotatable bonds is 4. The number of ketones is 1. The fourth-order valence-electron chi connectivity index (χ4n) is 3.08. The summed E-state index contributed by atoms with van der Waals surface area (Å²) in [4.78, 5) is 16.0. The number of nitriles is 1. The fourth-order valence-corrected chi connectivity index (χ4v) is 3.08. The van der Waals surface area contributed by atoms with Gasteiger partial charge in [0.05, 0.1) is 23.8 Å². The van der Waals surface area contributed by atoms with E-state index in [1.165, 1.54) is 6.07 Å². The molecule has 0 radical (unpaired) electrons. The van der Waals surface area contributed by atoms with Gasteiger partial charge in [0, 0.05) is 24.9 Å². The minimum absolute atomic E-state index is 0.0142. The number of fused-ring (bicyclic) bond motifs is 1. The van der Waals surface area contributed by atoms with Gasteiger partial charge in [0.2, 0.25) is 0 Å². The Bertz CT molecular complexity index is 1060. The molecule has 0 bridgehead atoms. The van der Waals surface area contributed by atoms with Crippen LogP contribution in [0.3, 0.4) is 0 Å². The molecule has 0 N–H and O–H groups in total. The number of carbonyl (C=O) groups is 1. The van der Waals surface area contributed by atoms with Crippen molar-refractivity contribution in [2.45, 2.75) is 12.5 Å². The number of ether oxygens (including phenoxy) is 2. The van der Waals surface area contributed by atoms with E-state index in [1.807, 2.05) is 0 Å². The van der Waals surface area contributed by atoms with Gasteiger partial charge in [0.1, 0.15) is 11.9 Å². The molecule has 1 aliphatic heterocycles. The molecule has 3 aromatic rings. The van der Waals surface area contributed by atoms with E-state index >= 15 is 0 Å². The molecule has 0 spiro atoms. The molecule has 1 aliphatic rings. The van der Waals surface area contributed by atoms with Crippen molar-refractivity contribution in [1.82, 2.24) is 4.98 Å². The van der Waals surface area contributed by atoms with Gasteiger partial charge in [-0.25, -0.2) is 4.39 Å². The molecular weight excluding hydrogens is 359 g/mol. The summed E-state index contributed by atoms with van der Waals surface area (Å²) in [5.74, 6) is -0.477. The molecule has 2 heterocycles. The predicted molar refractivity (Wildman–Crippen MR) is 98.7 cm³/mol. The van der Waals surface area contributed by atoms with Gasteiger partial charge in [-0.15, -0.1) is 0 Å². The lowest BCUT2D eigenvalue weighted by molar-refractivity contribution is 0.0932. The highest BCUT2D eigenvalue weighted by atomic mass is 19.1. The number of aromatic nitrogens is 1. The zero-order valence-corrected chi connectivity index (χ0v) is 14.8. The quantitative estimate of drug-likeness (QED) is 0.683. The van der Waals surface area contributed by atoms with Crippen molar-refractivity contribution in [2.75, 3.05) is 6.61 Å². The number of Topliss-reactive ketones (excluding diaryl/α,β-unsaturated/α-hetero) is 1. The third kappa shape index (κ3) is 3.42. The molecular formula is C22H15FN2O3. The average Bonchev–Trinajstić information content (AvgIpc) is 2.74. The Kier molecular flexibility index (Phi) is 4.73. The zero-order valence-electron chi connectivity index (χ0n) is 14.8. The van der Waals surface area contributed by atoms with Crippen molar-refractivity contribution in [3.63, 3.8) is 0 Å². The summed E-state index contributed by atoms with van der Waals surface area (Å²) in [6.07, 6.45) is 2.86. The maximum Gasteiger partial charge on any atom is 0.170 e. The molecule has 1 aromatic heterocycles. The van der Waals surface area contributed by atoms with E-state index in [1.54, 1.807) is 48.8 Å². The first-order chi connectivity index (χ1) is 13.7. The molecule has 0 fully saturated rings. The summed E-state index contributed by atoms with van der Waals surface area (Å²) in [6, 6.07) is 15.1. The van der Waals surface area contributed by atoms with E-state index in [4.69, 9.17) is 14.7 Å². The van der Waals surface area contributed by atoms with Crippen LogP contribution in [0.5, 0.6) is 11.5 Å². The van der Waals surface area contributed by atoms with Crippen molar-refractivity contribution in [3.05, 3.63) is 89.0 Å². The largest absolute Gasteiger partial charge is 0.492 e. The van der Waals surface area contributed by atoms with Crippen LogP contribution in [-0.4, -0.2) is 17.4 Å². The Morgan fingerprint density at radius 2 is 1.82 bits per heavy atom. The van der Waals surface area contributed by atoms with Crippen LogP contribution in [0.2, 0.25) is 0 Å². The molecule has 2 aromatic carbocycles. The van der Waals surface area contributed by atoms with Crippen LogP contribution in [0.1, 0.15) is 39.6 Å². The Labute approximate surface area is 161 Å². The van der Waals surface area contributed by atoms with Crippen molar-refractivity contribution < 1.29 is 18.7 Å². The Morgan fingerprint density at radius 1 is 1.11 bits per heavy atom. The number of carbonyl (C=O) groups excluding carboxylic acids is 1. The number of benzene rings is 2. The molecule has 6 heteroatoms. The Hall–Kier alpha value is -3.72. The van der Waals surface area contributed by atoms with Crippen LogP contribution >= 0.6 is 0 Å². The molecule has 4 rings (SSSR count). The minimum Gasteiger partial charge on any atom is -0.492 e. The second kappa shape index (κ2) is 7.49. The average molecular weight is 374 g/mol. The fraction of sp³-hybridized carbons (Fsp3) is 0.136. The molecule has 0 saturated heterocycles. The van der Waals surface area contributed by atoms with Crippen LogP contribution in [0.25, 0.3) is 0 Å². The summed E-state index contributed by atoms with van der Waals surface area (Å²) < 4.78 is 26.2. The molecule has 138 valence electrons. The van der Waals surface area contributed by atoms with Gasteiger partial charge >= 0.3 is 0 Å². The van der Waals surface area contributed by atoms with E-state index in [-0.39, 0.29) is 30.1 Å². The monoisotopic (exact) mass is 374 g/mol. The van der Waals surface area contributed by atoms with E-state index in [0.717, 1.165) is 17.2 Å². The molecule has 1 atom stereocenters. The van der Waals surface area contributed by atoms with Gasteiger partial charge < -0.3 is 9.47 Å². The lowest BCUT2D eigenvalue weighted by Crippen LogP contribution is -2.16. The number of hydrogen-bond donors (Lipinski definition) is 0. The molecule has 0 amide bonds. The summed E-state index contributed by atoms with van der Waals surface area (Å²) in [7, 11) is 0. The first kappa shape index (κ1) is 17.7. The van der Waals surface area contributed by atoms with Crippen molar-refractivity contribution in [1.29, 1.82) is 5.26 Å². The van der Waals surface area contributed by atoms with E-state index in [0.29, 0.717) is 11.3 Å². The van der Waals surface area contributed by atoms with Crippen LogP contribution < -0.4 is 9.47 Å². The molecule has 0 aliphatic carbocycles. The molecule has 28 heavy (non-hydrogen) atoms. The molecule has 0 saturated carbocycles. The van der Waals surface area contributed by atoms with E-state index < -0.39 is 11.9 Å². The van der Waals surface area contributed by atoms with Crippen molar-refractivity contribution in [3.8, 4) is 17.6 Å². The number of pyridine rings is 1. The van der Waals surface area contributed by atoms with Gasteiger partial charge in [0.15, 0.2) is 17.3 Å². The highest BCUT2D eigenvalue weighted by Gasteiger charge is 2.24. The summed E-state index contributed by atoms with van der Waals surface area (Å²) >= 11 is 0. The Balaban J connectivity index is 1.74. The van der Waals surface area contributed by atoms with Crippen LogP contribution in [-0.2, 0) is 0 Å². The molecule has 0 unspecified atom stereocenters. The van der Waals surface area contributed by atoms with Crippen molar-refractivity contribution in [2.24, 2.45) is 0 Å². The van der Waals surface area contributed by atoms with Gasteiger partial charge in [0.25, 0.3) is 0 Å². The van der Waals surface area contributed by atoms with Gasteiger partial charge in [-0.2, -0.15) is 5.26 Å². The second-order valence-electron chi connectivity index (χ2n) is 6.31. The number of halogens is 1. The normalized spacial score (nSPS) is 13.8. The maximum absolute atomic E-state index is 14.7. The smallest absolute Gasteiger partial charge is 0.170 e. The lowest BCUT2D eigenvalue weighted by atomic mass is 10.0. The van der Waals surface area contributed by atoms with E-state index in [9.17, 15) is 9.18 Å². The summed E-state index contributed by atoms with van der Waals surface area (Å²) in [6.45, 7) is 0.264. The third-order valence-electron chi connectivity index (χ3n) is 4.52. The number of hydrogen-bond acceptors (Lipinski definition) is 5. The van der Waals surface area contributed by atoms with Crippen LogP contribution in [0, 0.1) is 17.1 Å². The zero-order chi connectivity index (χ0) is 19.5. The molecule has 5 nitrogen and oxygen atoms in total. The van der Waals surface area contributed by atoms with Crippen LogP contribution in [0.15, 0.2) is 60.9 Å². The van der Waals surface area contributed by atoms with E-state index in [2.05, 4.69) is 11.1 Å². The Morgan fingerprint density at radius 3 is 2.54 bits per heavy atom. The topological polar surface area (TPSA) is 72.2 Å². The lowest BCUT2D eigenvalue weighted by Gasteiger charge is -2.22. The van der Waals surface area contributed by atoms with Gasteiger partial charge in [-0.05, 0) is 41.5 Å². The van der Waals surface area contributed by atoms with Crippen molar-refractivity contribution >= 4 is 5.78 Å². The standard InChI is InChI=1S/C22H15FN2O3/c23-18-11-17-19(26)7-10-27-20(17)12-21(18)28-22(16-5-8-25-9-6-16)15-3-1-14(13-24)2-4-15/h1-6,8-9,11-12,22H,7,10H2/t22-/m1/s1. The predicted octanol–water partition coefficient (Wildman–Crippen LogP) is 4.23. The van der Waals surface area contributed by atoms with Gasteiger partial charge in [-0.3, -0.25) is 9.78 Å². The highest BCUT2D eigenvalue weighted by Crippen LogP contribution is 2.35. The second-order valence-corrected chi connectivity index (χ2v) is 6.31.